The van der Waals surface area contributed by atoms with Crippen LogP contribution in [0.2, 0.25) is 0 Å². The maximum atomic E-state index is 14.8. The Bertz CT molecular complexity index is 1100. The van der Waals surface area contributed by atoms with Gasteiger partial charge in [0.25, 0.3) is 0 Å². The number of aryl methyl sites for hydroxylation is 1. The van der Waals surface area contributed by atoms with Crippen LogP contribution in [0.3, 0.4) is 0 Å². The molecule has 1 atom stereocenters. The normalized spacial score (nSPS) is 16.7. The average molecular weight is 440 g/mol. The fourth-order valence-electron chi connectivity index (χ4n) is 3.76. The molecule has 0 aliphatic carbocycles. The van der Waals surface area contributed by atoms with Crippen molar-refractivity contribution in [2.24, 2.45) is 12.8 Å². The Hall–Kier alpha value is -3.43. The Morgan fingerprint density at radius 2 is 2.06 bits per heavy atom. The van der Waals surface area contributed by atoms with Gasteiger partial charge in [-0.3, -0.25) is 14.4 Å². The average Bonchev–Trinajstić information content (AvgIpc) is 3.17. The van der Waals surface area contributed by atoms with Gasteiger partial charge in [-0.15, -0.1) is 5.10 Å². The molecule has 0 spiro atoms. The van der Waals surface area contributed by atoms with E-state index in [1.54, 1.807) is 30.0 Å². The van der Waals surface area contributed by atoms with E-state index in [4.69, 9.17) is 19.9 Å². The lowest BCUT2D eigenvalue weighted by Gasteiger charge is -2.35. The van der Waals surface area contributed by atoms with Crippen molar-refractivity contribution in [3.8, 4) is 17.4 Å². The summed E-state index contributed by atoms with van der Waals surface area (Å²) in [5.41, 5.74) is 7.35. The quantitative estimate of drug-likeness (QED) is 0.607. The molecule has 1 aliphatic heterocycles. The van der Waals surface area contributed by atoms with Gasteiger partial charge in [-0.25, -0.2) is 4.39 Å². The number of halogens is 1. The number of morpholine rings is 1. The number of ether oxygens (including phenoxy) is 3. The lowest BCUT2D eigenvalue weighted by Crippen LogP contribution is -2.39. The molecule has 1 fully saturated rings. The van der Waals surface area contributed by atoms with E-state index in [9.17, 15) is 9.18 Å². The molecule has 1 aromatic heterocycles. The highest BCUT2D eigenvalue weighted by atomic mass is 19.1. The molecular weight excluding hydrogens is 415 g/mol. The second-order valence-corrected chi connectivity index (χ2v) is 7.58. The molecule has 1 aliphatic rings. The van der Waals surface area contributed by atoms with E-state index in [0.29, 0.717) is 43.5 Å². The molecule has 1 amide bonds. The SMILES string of the molecule is COc1nn(C)cc1C1COCCN1Cc1ccc(Oc2ccc(C(N)=O)cc2)c(F)c1. The van der Waals surface area contributed by atoms with E-state index in [0.717, 1.165) is 11.1 Å². The molecule has 4 rings (SSSR count). The monoisotopic (exact) mass is 440 g/mol. The van der Waals surface area contributed by atoms with E-state index in [-0.39, 0.29) is 11.8 Å². The van der Waals surface area contributed by atoms with Crippen LogP contribution in [0.4, 0.5) is 4.39 Å². The highest BCUT2D eigenvalue weighted by molar-refractivity contribution is 5.92. The molecule has 0 radical (unpaired) electrons. The van der Waals surface area contributed by atoms with Crippen LogP contribution < -0.4 is 15.2 Å². The maximum absolute atomic E-state index is 14.8. The number of rotatable bonds is 7. The van der Waals surface area contributed by atoms with Crippen molar-refractivity contribution in [3.05, 3.63) is 71.2 Å². The fraction of sp³-hybridized carbons (Fsp3) is 0.304. The zero-order valence-corrected chi connectivity index (χ0v) is 18.0. The largest absolute Gasteiger partial charge is 0.480 e. The van der Waals surface area contributed by atoms with Gasteiger partial charge in [-0.05, 0) is 42.0 Å². The molecule has 8 nitrogen and oxygen atoms in total. The van der Waals surface area contributed by atoms with E-state index in [1.165, 1.54) is 18.2 Å². The highest BCUT2D eigenvalue weighted by Gasteiger charge is 2.29. The van der Waals surface area contributed by atoms with Gasteiger partial charge in [-0.1, -0.05) is 6.07 Å². The number of carbonyl (C=O) groups is 1. The Morgan fingerprint density at radius 1 is 1.28 bits per heavy atom. The number of hydrogen-bond donors (Lipinski definition) is 1. The minimum Gasteiger partial charge on any atom is -0.480 e. The third kappa shape index (κ3) is 4.74. The number of primary amides is 1. The first-order valence-corrected chi connectivity index (χ1v) is 10.2. The van der Waals surface area contributed by atoms with Gasteiger partial charge in [0.05, 0.1) is 31.9 Å². The van der Waals surface area contributed by atoms with Gasteiger partial charge in [-0.2, -0.15) is 0 Å². The van der Waals surface area contributed by atoms with Crippen LogP contribution in [0, 0.1) is 5.82 Å². The van der Waals surface area contributed by atoms with Crippen LogP contribution in [0.1, 0.15) is 27.5 Å². The highest BCUT2D eigenvalue weighted by Crippen LogP contribution is 2.32. The van der Waals surface area contributed by atoms with Gasteiger partial charge >= 0.3 is 0 Å². The van der Waals surface area contributed by atoms with Crippen molar-refractivity contribution in [1.82, 2.24) is 14.7 Å². The second-order valence-electron chi connectivity index (χ2n) is 7.58. The van der Waals surface area contributed by atoms with Crippen molar-refractivity contribution >= 4 is 5.91 Å². The van der Waals surface area contributed by atoms with Gasteiger partial charge in [0.2, 0.25) is 11.8 Å². The first-order chi connectivity index (χ1) is 15.4. The third-order valence-corrected chi connectivity index (χ3v) is 5.36. The molecule has 2 N–H and O–H groups in total. The molecule has 32 heavy (non-hydrogen) atoms. The summed E-state index contributed by atoms with van der Waals surface area (Å²) in [6.07, 6.45) is 1.92. The van der Waals surface area contributed by atoms with Crippen LogP contribution in [0.5, 0.6) is 17.4 Å². The number of carbonyl (C=O) groups excluding carboxylic acids is 1. The predicted molar refractivity (Wildman–Crippen MR) is 115 cm³/mol. The number of hydrogen-bond acceptors (Lipinski definition) is 6. The summed E-state index contributed by atoms with van der Waals surface area (Å²) >= 11 is 0. The first kappa shape index (κ1) is 21.8. The molecule has 3 aromatic rings. The standard InChI is InChI=1S/C23H25FN4O4/c1-27-13-18(23(26-27)30-2)20-14-31-10-9-28(20)12-15-3-8-21(19(24)11-15)32-17-6-4-16(5-7-17)22(25)29/h3-8,11,13,20H,9-10,12,14H2,1-2H3,(H2,25,29). The maximum Gasteiger partial charge on any atom is 0.248 e. The zero-order chi connectivity index (χ0) is 22.7. The van der Waals surface area contributed by atoms with E-state index < -0.39 is 11.7 Å². The van der Waals surface area contributed by atoms with Crippen molar-refractivity contribution < 1.29 is 23.4 Å². The van der Waals surface area contributed by atoms with Crippen molar-refractivity contribution in [2.45, 2.75) is 12.6 Å². The number of aromatic nitrogens is 2. The van der Waals surface area contributed by atoms with Crippen molar-refractivity contribution in [1.29, 1.82) is 0 Å². The Kier molecular flexibility index (Phi) is 6.38. The van der Waals surface area contributed by atoms with Gasteiger partial charge in [0.1, 0.15) is 5.75 Å². The number of nitrogens with zero attached hydrogens (tertiary/aromatic N) is 3. The van der Waals surface area contributed by atoms with Crippen molar-refractivity contribution in [3.63, 3.8) is 0 Å². The smallest absolute Gasteiger partial charge is 0.248 e. The minimum absolute atomic E-state index is 0.0462. The topological polar surface area (TPSA) is 91.8 Å². The third-order valence-electron chi connectivity index (χ3n) is 5.36. The van der Waals surface area contributed by atoms with Crippen LogP contribution in [0.15, 0.2) is 48.7 Å². The van der Waals surface area contributed by atoms with E-state index in [2.05, 4.69) is 10.00 Å². The summed E-state index contributed by atoms with van der Waals surface area (Å²) in [4.78, 5) is 13.4. The number of methoxy groups -OCH3 is 1. The van der Waals surface area contributed by atoms with Gasteiger partial charge in [0, 0.05) is 31.9 Å². The Labute approximate surface area is 185 Å². The molecule has 168 valence electrons. The number of benzene rings is 2. The molecule has 9 heteroatoms. The summed E-state index contributed by atoms with van der Waals surface area (Å²) in [7, 11) is 3.44. The van der Waals surface area contributed by atoms with Crippen LogP contribution in [-0.4, -0.2) is 47.5 Å². The van der Waals surface area contributed by atoms with E-state index >= 15 is 0 Å². The summed E-state index contributed by atoms with van der Waals surface area (Å²) in [6.45, 7) is 2.35. The first-order valence-electron chi connectivity index (χ1n) is 10.2. The summed E-state index contributed by atoms with van der Waals surface area (Å²) in [6, 6.07) is 11.1. The van der Waals surface area contributed by atoms with Crippen LogP contribution in [-0.2, 0) is 18.3 Å². The zero-order valence-electron chi connectivity index (χ0n) is 18.0. The van der Waals surface area contributed by atoms with Crippen LogP contribution >= 0.6 is 0 Å². The molecule has 1 unspecified atom stereocenters. The minimum atomic E-state index is -0.530. The van der Waals surface area contributed by atoms with Gasteiger partial charge in [0.15, 0.2) is 11.6 Å². The Morgan fingerprint density at radius 3 is 2.75 bits per heavy atom. The second kappa shape index (κ2) is 9.37. The molecule has 0 saturated carbocycles. The summed E-state index contributed by atoms with van der Waals surface area (Å²) < 4.78 is 33.2. The summed E-state index contributed by atoms with van der Waals surface area (Å²) in [5.74, 6) is 0.0829. The van der Waals surface area contributed by atoms with Gasteiger partial charge < -0.3 is 19.9 Å². The predicted octanol–water partition coefficient (Wildman–Crippen LogP) is 3.03. The molecule has 0 bridgehead atoms. The Balaban J connectivity index is 1.49. The molecular formula is C23H25FN4O4. The number of nitrogens with two attached hydrogens (primary N) is 1. The number of amides is 1. The fourth-order valence-corrected chi connectivity index (χ4v) is 3.76. The van der Waals surface area contributed by atoms with Crippen molar-refractivity contribution in [2.75, 3.05) is 26.9 Å². The lowest BCUT2D eigenvalue weighted by atomic mass is 10.1. The van der Waals surface area contributed by atoms with E-state index in [1.807, 2.05) is 19.3 Å². The summed E-state index contributed by atoms with van der Waals surface area (Å²) in [5, 5.41) is 4.34. The molecule has 2 heterocycles. The molecule has 2 aromatic carbocycles. The molecule has 1 saturated heterocycles. The van der Waals surface area contributed by atoms with Crippen LogP contribution in [0.25, 0.3) is 0 Å². The lowest BCUT2D eigenvalue weighted by molar-refractivity contribution is -0.0135.